The van der Waals surface area contributed by atoms with E-state index in [4.69, 9.17) is 11.6 Å². The Morgan fingerprint density at radius 3 is 2.71 bits per heavy atom. The standard InChI is InChI=1S/C19H13ClFN5O2/c1-25-16-8-6-11(20)10-14(16)22-19(25)23-18(28)13-7-9-17(27)26(24-13)15-5-3-2-4-12(15)21/h2-10H,1H3,(H,22,23,28). The Hall–Kier alpha value is -3.52. The van der Waals surface area contributed by atoms with Gasteiger partial charge in [0.2, 0.25) is 5.95 Å². The van der Waals surface area contributed by atoms with Crippen LogP contribution in [0.5, 0.6) is 0 Å². The summed E-state index contributed by atoms with van der Waals surface area (Å²) >= 11 is 5.98. The Bertz CT molecular complexity index is 1280. The van der Waals surface area contributed by atoms with Gasteiger partial charge < -0.3 is 4.57 Å². The van der Waals surface area contributed by atoms with Crippen LogP contribution in [0.1, 0.15) is 10.5 Å². The molecule has 2 heterocycles. The summed E-state index contributed by atoms with van der Waals surface area (Å²) in [7, 11) is 1.74. The third kappa shape index (κ3) is 3.14. The predicted octanol–water partition coefficient (Wildman–Crippen LogP) is 3.16. The molecule has 4 aromatic rings. The van der Waals surface area contributed by atoms with Crippen molar-refractivity contribution >= 4 is 34.5 Å². The second-order valence-corrected chi connectivity index (χ2v) is 6.44. The number of anilines is 1. The van der Waals surface area contributed by atoms with Crippen molar-refractivity contribution in [1.29, 1.82) is 0 Å². The molecule has 4 rings (SSSR count). The van der Waals surface area contributed by atoms with E-state index in [2.05, 4.69) is 15.4 Å². The maximum atomic E-state index is 14.0. The fourth-order valence-corrected chi connectivity index (χ4v) is 2.95. The van der Waals surface area contributed by atoms with Gasteiger partial charge in [0.05, 0.1) is 11.0 Å². The minimum atomic E-state index is -0.623. The lowest BCUT2D eigenvalue weighted by Gasteiger charge is -2.08. The first-order chi connectivity index (χ1) is 13.4. The molecule has 0 fully saturated rings. The number of amides is 1. The van der Waals surface area contributed by atoms with Gasteiger partial charge in [0, 0.05) is 18.1 Å². The molecule has 2 aromatic heterocycles. The Balaban J connectivity index is 1.70. The number of hydrogen-bond donors (Lipinski definition) is 1. The van der Waals surface area contributed by atoms with Gasteiger partial charge in [-0.1, -0.05) is 23.7 Å². The van der Waals surface area contributed by atoms with E-state index in [9.17, 15) is 14.0 Å². The van der Waals surface area contributed by atoms with Crippen molar-refractivity contribution in [2.24, 2.45) is 7.05 Å². The zero-order valence-corrected chi connectivity index (χ0v) is 15.3. The first-order valence-corrected chi connectivity index (χ1v) is 8.60. The van der Waals surface area contributed by atoms with Crippen molar-refractivity contribution in [3.05, 3.63) is 81.5 Å². The molecule has 0 aliphatic heterocycles. The number of imidazole rings is 1. The highest BCUT2D eigenvalue weighted by atomic mass is 35.5. The number of carbonyl (C=O) groups is 1. The van der Waals surface area contributed by atoms with Gasteiger partial charge >= 0.3 is 0 Å². The lowest BCUT2D eigenvalue weighted by atomic mass is 10.3. The van der Waals surface area contributed by atoms with Crippen LogP contribution in [0.4, 0.5) is 10.3 Å². The fraction of sp³-hybridized carbons (Fsp3) is 0.0526. The number of rotatable bonds is 3. The molecule has 0 aliphatic carbocycles. The number of benzene rings is 2. The van der Waals surface area contributed by atoms with Gasteiger partial charge in [0.25, 0.3) is 11.5 Å². The van der Waals surface area contributed by atoms with Gasteiger partial charge in [-0.15, -0.1) is 0 Å². The average Bonchev–Trinajstić information content (AvgIpc) is 2.97. The number of para-hydroxylation sites is 1. The Morgan fingerprint density at radius 2 is 1.93 bits per heavy atom. The maximum absolute atomic E-state index is 14.0. The molecule has 2 aromatic carbocycles. The van der Waals surface area contributed by atoms with Crippen LogP contribution < -0.4 is 10.9 Å². The molecular formula is C19H13ClFN5O2. The van der Waals surface area contributed by atoms with Gasteiger partial charge in [-0.25, -0.2) is 9.37 Å². The summed E-state index contributed by atoms with van der Waals surface area (Å²) in [6.07, 6.45) is 0. The van der Waals surface area contributed by atoms with Crippen LogP contribution in [0.15, 0.2) is 59.4 Å². The van der Waals surface area contributed by atoms with Gasteiger partial charge in [-0.05, 0) is 36.4 Å². The summed E-state index contributed by atoms with van der Waals surface area (Å²) in [5.74, 6) is -0.927. The number of carbonyl (C=O) groups excluding carboxylic acids is 1. The number of aromatic nitrogens is 4. The monoisotopic (exact) mass is 397 g/mol. The zero-order valence-electron chi connectivity index (χ0n) is 14.6. The molecule has 0 saturated carbocycles. The molecule has 1 N–H and O–H groups in total. The van der Waals surface area contributed by atoms with Crippen molar-refractivity contribution in [3.63, 3.8) is 0 Å². The molecule has 0 saturated heterocycles. The molecule has 7 nitrogen and oxygen atoms in total. The second kappa shape index (κ2) is 6.90. The first-order valence-electron chi connectivity index (χ1n) is 8.22. The minimum Gasteiger partial charge on any atom is -0.313 e. The normalized spacial score (nSPS) is 11.0. The van der Waals surface area contributed by atoms with E-state index < -0.39 is 17.3 Å². The van der Waals surface area contributed by atoms with E-state index >= 15 is 0 Å². The summed E-state index contributed by atoms with van der Waals surface area (Å²) in [6.45, 7) is 0. The van der Waals surface area contributed by atoms with E-state index in [0.717, 1.165) is 16.3 Å². The van der Waals surface area contributed by atoms with Crippen molar-refractivity contribution in [1.82, 2.24) is 19.3 Å². The molecule has 1 amide bonds. The molecule has 9 heteroatoms. The van der Waals surface area contributed by atoms with Crippen LogP contribution in [-0.2, 0) is 7.05 Å². The van der Waals surface area contributed by atoms with Crippen LogP contribution in [0.3, 0.4) is 0 Å². The van der Waals surface area contributed by atoms with Crippen LogP contribution in [-0.4, -0.2) is 25.2 Å². The van der Waals surface area contributed by atoms with Crippen LogP contribution >= 0.6 is 11.6 Å². The number of aryl methyl sites for hydroxylation is 1. The molecular weight excluding hydrogens is 385 g/mol. The highest BCUT2D eigenvalue weighted by Gasteiger charge is 2.16. The Kier molecular flexibility index (Phi) is 4.40. The second-order valence-electron chi connectivity index (χ2n) is 6.00. The Labute approximate surface area is 163 Å². The lowest BCUT2D eigenvalue weighted by Crippen LogP contribution is -2.26. The third-order valence-electron chi connectivity index (χ3n) is 4.18. The lowest BCUT2D eigenvalue weighted by molar-refractivity contribution is 0.101. The summed E-state index contributed by atoms with van der Waals surface area (Å²) < 4.78 is 16.6. The van der Waals surface area contributed by atoms with E-state index in [1.165, 1.54) is 24.3 Å². The Morgan fingerprint density at radius 1 is 1.14 bits per heavy atom. The number of nitrogens with zero attached hydrogens (tertiary/aromatic N) is 4. The average molecular weight is 398 g/mol. The molecule has 0 bridgehead atoms. The molecule has 28 heavy (non-hydrogen) atoms. The topological polar surface area (TPSA) is 81.8 Å². The summed E-state index contributed by atoms with van der Waals surface area (Å²) in [5.41, 5.74) is 0.741. The van der Waals surface area contributed by atoms with E-state index in [1.807, 2.05) is 0 Å². The maximum Gasteiger partial charge on any atom is 0.278 e. The van der Waals surface area contributed by atoms with E-state index in [-0.39, 0.29) is 17.3 Å². The van der Waals surface area contributed by atoms with Gasteiger partial charge in [0.1, 0.15) is 17.2 Å². The zero-order chi connectivity index (χ0) is 19.8. The van der Waals surface area contributed by atoms with Crippen LogP contribution in [0, 0.1) is 5.82 Å². The first kappa shape index (κ1) is 17.9. The molecule has 0 unspecified atom stereocenters. The van der Waals surface area contributed by atoms with Gasteiger partial charge in [-0.2, -0.15) is 9.78 Å². The quantitative estimate of drug-likeness (QED) is 0.575. The minimum absolute atomic E-state index is 0.0421. The van der Waals surface area contributed by atoms with E-state index in [0.29, 0.717) is 10.5 Å². The van der Waals surface area contributed by atoms with Gasteiger partial charge in [-0.3, -0.25) is 14.9 Å². The number of fused-ring (bicyclic) bond motifs is 1. The van der Waals surface area contributed by atoms with Crippen LogP contribution in [0.25, 0.3) is 16.7 Å². The van der Waals surface area contributed by atoms with Gasteiger partial charge in [0.15, 0.2) is 0 Å². The van der Waals surface area contributed by atoms with Crippen molar-refractivity contribution in [2.75, 3.05) is 5.32 Å². The molecule has 140 valence electrons. The predicted molar refractivity (Wildman–Crippen MR) is 103 cm³/mol. The number of nitrogens with one attached hydrogen (secondary N) is 1. The summed E-state index contributed by atoms with van der Waals surface area (Å²) in [4.78, 5) is 29.1. The highest BCUT2D eigenvalue weighted by Crippen LogP contribution is 2.22. The van der Waals surface area contributed by atoms with Crippen molar-refractivity contribution in [3.8, 4) is 5.69 Å². The molecule has 0 aliphatic rings. The van der Waals surface area contributed by atoms with Crippen LogP contribution in [0.2, 0.25) is 5.02 Å². The highest BCUT2D eigenvalue weighted by molar-refractivity contribution is 6.31. The molecule has 0 atom stereocenters. The largest absolute Gasteiger partial charge is 0.313 e. The number of halogens is 2. The van der Waals surface area contributed by atoms with Crippen molar-refractivity contribution < 1.29 is 9.18 Å². The number of hydrogen-bond acceptors (Lipinski definition) is 4. The third-order valence-corrected chi connectivity index (χ3v) is 4.42. The smallest absolute Gasteiger partial charge is 0.278 e. The molecule has 0 spiro atoms. The molecule has 0 radical (unpaired) electrons. The summed E-state index contributed by atoms with van der Waals surface area (Å²) in [6, 6.07) is 13.3. The summed E-state index contributed by atoms with van der Waals surface area (Å²) in [5, 5.41) is 7.17. The fourth-order valence-electron chi connectivity index (χ4n) is 2.78. The van der Waals surface area contributed by atoms with E-state index in [1.54, 1.807) is 35.9 Å². The van der Waals surface area contributed by atoms with Crippen molar-refractivity contribution in [2.45, 2.75) is 0 Å². The SMILES string of the molecule is Cn1c(NC(=O)c2ccc(=O)n(-c3ccccc3F)n2)nc2cc(Cl)ccc21.